The molecule has 8 heteroatoms. The molecule has 4 rings (SSSR count). The number of aromatic nitrogens is 1. The highest BCUT2D eigenvalue weighted by Crippen LogP contribution is 2.45. The number of aliphatic imine (C=N–C) groups is 1. The molecule has 0 saturated heterocycles. The van der Waals surface area contributed by atoms with E-state index in [1.54, 1.807) is 12.4 Å². The molecule has 1 aromatic heterocycles. The van der Waals surface area contributed by atoms with Crippen molar-refractivity contribution in [1.29, 1.82) is 0 Å². The van der Waals surface area contributed by atoms with Gasteiger partial charge in [0.1, 0.15) is 0 Å². The number of rotatable bonds is 7. The molecule has 0 radical (unpaired) electrons. The van der Waals surface area contributed by atoms with Gasteiger partial charge in [-0.25, -0.2) is 9.79 Å². The van der Waals surface area contributed by atoms with E-state index < -0.39 is 12.0 Å². The number of allylic oxidation sites excluding steroid dienone is 1. The number of benzene rings is 1. The van der Waals surface area contributed by atoms with Crippen molar-refractivity contribution in [3.63, 3.8) is 0 Å². The van der Waals surface area contributed by atoms with Gasteiger partial charge in [0.05, 0.1) is 30.8 Å². The largest absolute Gasteiger partial charge is 0.466 e. The van der Waals surface area contributed by atoms with Crippen molar-refractivity contribution < 1.29 is 14.3 Å². The number of methoxy groups -OCH3 is 1. The number of fused-ring (bicyclic) bond motifs is 1. The first kappa shape index (κ1) is 22.8. The SMILES string of the molecule is CCC1=C(C(=O)OC)[C@@H](c2ccc(C)cc2)N2C(CC(=O)NCc3ccncc3)=CSC2=N1. The number of nitrogens with one attached hydrogen (secondary N) is 1. The van der Waals surface area contributed by atoms with Crippen LogP contribution in [0.15, 0.2) is 76.2 Å². The fraction of sp³-hybridized carbons (Fsp3) is 0.280. The second-order valence-corrected chi connectivity index (χ2v) is 8.66. The van der Waals surface area contributed by atoms with E-state index in [0.717, 1.165) is 27.6 Å². The molecule has 7 nitrogen and oxygen atoms in total. The van der Waals surface area contributed by atoms with Crippen molar-refractivity contribution in [1.82, 2.24) is 15.2 Å². The van der Waals surface area contributed by atoms with E-state index in [2.05, 4.69) is 10.3 Å². The van der Waals surface area contributed by atoms with Crippen LogP contribution in [0, 0.1) is 6.92 Å². The monoisotopic (exact) mass is 462 g/mol. The topological polar surface area (TPSA) is 83.9 Å². The summed E-state index contributed by atoms with van der Waals surface area (Å²) in [6, 6.07) is 11.4. The van der Waals surface area contributed by atoms with Crippen molar-refractivity contribution in [2.24, 2.45) is 4.99 Å². The number of hydrogen-bond donors (Lipinski definition) is 1. The summed E-state index contributed by atoms with van der Waals surface area (Å²) >= 11 is 1.47. The summed E-state index contributed by atoms with van der Waals surface area (Å²) in [5.74, 6) is -0.508. The van der Waals surface area contributed by atoms with Gasteiger partial charge in [-0.15, -0.1) is 0 Å². The van der Waals surface area contributed by atoms with Crippen LogP contribution in [0.5, 0.6) is 0 Å². The Hall–Kier alpha value is -3.39. The summed E-state index contributed by atoms with van der Waals surface area (Å²) in [5, 5.41) is 5.67. The number of esters is 1. The molecule has 2 aromatic rings. The van der Waals surface area contributed by atoms with Crippen LogP contribution in [0.25, 0.3) is 0 Å². The minimum Gasteiger partial charge on any atom is -0.466 e. The Morgan fingerprint density at radius 3 is 2.55 bits per heavy atom. The van der Waals surface area contributed by atoms with Crippen molar-refractivity contribution in [3.8, 4) is 0 Å². The van der Waals surface area contributed by atoms with Gasteiger partial charge in [0, 0.05) is 24.6 Å². The molecule has 0 saturated carbocycles. The maximum Gasteiger partial charge on any atom is 0.338 e. The standard InChI is InChI=1S/C25H26N4O3S/c1-4-20-22(24(31)32-3)23(18-7-5-16(2)6-8-18)29-19(15-33-25(29)28-20)13-21(30)27-14-17-9-11-26-12-10-17/h5-12,15,23H,4,13-14H2,1-3H3,(H,27,30)/t23-/m1/s1. The smallest absolute Gasteiger partial charge is 0.338 e. The third-order valence-electron chi connectivity index (χ3n) is 5.60. The molecule has 1 amide bonds. The molecule has 1 N–H and O–H groups in total. The lowest BCUT2D eigenvalue weighted by atomic mass is 9.92. The number of amidine groups is 1. The number of carbonyl (C=O) groups excluding carboxylic acids is 2. The molecule has 0 fully saturated rings. The van der Waals surface area contributed by atoms with Crippen LogP contribution in [-0.4, -0.2) is 34.0 Å². The van der Waals surface area contributed by atoms with Gasteiger partial charge < -0.3 is 15.0 Å². The minimum absolute atomic E-state index is 0.104. The van der Waals surface area contributed by atoms with Gasteiger partial charge in [0.2, 0.25) is 5.91 Å². The molecule has 33 heavy (non-hydrogen) atoms. The number of carbonyl (C=O) groups is 2. The highest BCUT2D eigenvalue weighted by atomic mass is 32.2. The molecule has 2 aliphatic rings. The van der Waals surface area contributed by atoms with Crippen molar-refractivity contribution in [2.75, 3.05) is 7.11 Å². The summed E-state index contributed by atoms with van der Waals surface area (Å²) < 4.78 is 5.15. The lowest BCUT2D eigenvalue weighted by molar-refractivity contribution is -0.136. The van der Waals surface area contributed by atoms with Crippen LogP contribution in [-0.2, 0) is 20.9 Å². The molecular formula is C25H26N4O3S. The Kier molecular flexibility index (Phi) is 6.93. The highest BCUT2D eigenvalue weighted by molar-refractivity contribution is 8.16. The van der Waals surface area contributed by atoms with Gasteiger partial charge in [-0.3, -0.25) is 9.78 Å². The van der Waals surface area contributed by atoms with Crippen LogP contribution in [0.3, 0.4) is 0 Å². The van der Waals surface area contributed by atoms with Crippen LogP contribution >= 0.6 is 11.8 Å². The molecule has 1 aromatic carbocycles. The van der Waals surface area contributed by atoms with Gasteiger partial charge in [-0.2, -0.15) is 0 Å². The average Bonchev–Trinajstić information content (AvgIpc) is 3.24. The third kappa shape index (κ3) is 4.85. The molecule has 1 atom stereocenters. The maximum absolute atomic E-state index is 12.9. The number of amides is 1. The number of thioether (sulfide) groups is 1. The second-order valence-electron chi connectivity index (χ2n) is 7.82. The van der Waals surface area contributed by atoms with Gasteiger partial charge in [0.25, 0.3) is 0 Å². The lowest BCUT2D eigenvalue weighted by Crippen LogP contribution is -2.38. The maximum atomic E-state index is 12.9. The van der Waals surface area contributed by atoms with E-state index in [0.29, 0.717) is 24.2 Å². The van der Waals surface area contributed by atoms with E-state index in [1.165, 1.54) is 18.9 Å². The van der Waals surface area contributed by atoms with Crippen molar-refractivity contribution >= 4 is 28.8 Å². The summed E-state index contributed by atoms with van der Waals surface area (Å²) in [7, 11) is 1.38. The fourth-order valence-corrected chi connectivity index (χ4v) is 4.84. The molecule has 0 bridgehead atoms. The Labute approximate surface area is 197 Å². The predicted molar refractivity (Wildman–Crippen MR) is 129 cm³/mol. The highest BCUT2D eigenvalue weighted by Gasteiger charge is 2.41. The third-order valence-corrected chi connectivity index (χ3v) is 6.49. The van der Waals surface area contributed by atoms with Crippen LogP contribution in [0.4, 0.5) is 0 Å². The summed E-state index contributed by atoms with van der Waals surface area (Å²) in [4.78, 5) is 36.4. The summed E-state index contributed by atoms with van der Waals surface area (Å²) in [6.07, 6.45) is 4.18. The zero-order chi connectivity index (χ0) is 23.4. The van der Waals surface area contributed by atoms with Crippen LogP contribution < -0.4 is 5.32 Å². The van der Waals surface area contributed by atoms with E-state index in [4.69, 9.17) is 9.73 Å². The van der Waals surface area contributed by atoms with Gasteiger partial charge in [0.15, 0.2) is 5.17 Å². The van der Waals surface area contributed by atoms with Crippen LogP contribution in [0.1, 0.15) is 42.5 Å². The number of ether oxygens (including phenoxy) is 1. The molecule has 0 spiro atoms. The quantitative estimate of drug-likeness (QED) is 0.620. The number of hydrogen-bond acceptors (Lipinski definition) is 7. The van der Waals surface area contributed by atoms with E-state index in [-0.39, 0.29) is 12.3 Å². The lowest BCUT2D eigenvalue weighted by Gasteiger charge is -2.36. The number of aryl methyl sites for hydroxylation is 1. The number of pyridine rings is 1. The minimum atomic E-state index is -0.408. The Balaban J connectivity index is 1.63. The molecule has 3 heterocycles. The van der Waals surface area contributed by atoms with E-state index in [1.807, 2.05) is 60.6 Å². The molecular weight excluding hydrogens is 436 g/mol. The first-order chi connectivity index (χ1) is 16.0. The number of nitrogens with zero attached hydrogens (tertiary/aromatic N) is 3. The first-order valence-corrected chi connectivity index (χ1v) is 11.7. The Morgan fingerprint density at radius 1 is 1.15 bits per heavy atom. The zero-order valence-electron chi connectivity index (χ0n) is 18.9. The second kappa shape index (κ2) is 10.0. The summed E-state index contributed by atoms with van der Waals surface area (Å²) in [5.41, 5.74) is 5.08. The molecule has 0 aliphatic carbocycles. The van der Waals surface area contributed by atoms with Gasteiger partial charge >= 0.3 is 5.97 Å². The molecule has 2 aliphatic heterocycles. The Morgan fingerprint density at radius 2 is 1.88 bits per heavy atom. The van der Waals surface area contributed by atoms with Crippen molar-refractivity contribution in [3.05, 3.63) is 87.9 Å². The van der Waals surface area contributed by atoms with Crippen LogP contribution in [0.2, 0.25) is 0 Å². The first-order valence-electron chi connectivity index (χ1n) is 10.8. The normalized spacial score (nSPS) is 17.3. The predicted octanol–water partition coefficient (Wildman–Crippen LogP) is 4.23. The van der Waals surface area contributed by atoms with Crippen molar-refractivity contribution in [2.45, 2.75) is 39.3 Å². The Bertz CT molecular complexity index is 1140. The fourth-order valence-electron chi connectivity index (χ4n) is 3.90. The molecule has 0 unspecified atom stereocenters. The molecule has 170 valence electrons. The van der Waals surface area contributed by atoms with Gasteiger partial charge in [-0.05, 0) is 42.0 Å². The van der Waals surface area contributed by atoms with E-state index >= 15 is 0 Å². The summed E-state index contributed by atoms with van der Waals surface area (Å²) in [6.45, 7) is 4.43. The average molecular weight is 463 g/mol. The van der Waals surface area contributed by atoms with Gasteiger partial charge in [-0.1, -0.05) is 48.5 Å². The zero-order valence-corrected chi connectivity index (χ0v) is 19.7. The van der Waals surface area contributed by atoms with E-state index in [9.17, 15) is 9.59 Å².